The number of benzene rings is 1. The maximum Gasteiger partial charge on any atom is 0.139 e. The third kappa shape index (κ3) is 2.23. The molecule has 0 saturated carbocycles. The molecule has 3 nitrogen and oxygen atoms in total. The van der Waals surface area contributed by atoms with Gasteiger partial charge in [-0.2, -0.15) is 0 Å². The summed E-state index contributed by atoms with van der Waals surface area (Å²) in [7, 11) is 1.59. The summed E-state index contributed by atoms with van der Waals surface area (Å²) in [5.74, 6) is 0.613. The summed E-state index contributed by atoms with van der Waals surface area (Å²) < 4.78 is 5.21. The predicted octanol–water partition coefficient (Wildman–Crippen LogP) is 3.78. The Kier molecular flexibility index (Phi) is 3.11. The molecule has 96 valence electrons. The Morgan fingerprint density at radius 1 is 1.22 bits per heavy atom. The Labute approximate surface area is 112 Å². The predicted molar refractivity (Wildman–Crippen MR) is 76.4 cm³/mol. The molecule has 2 aromatic rings. The van der Waals surface area contributed by atoms with Crippen molar-refractivity contribution in [2.24, 2.45) is 0 Å². The van der Waals surface area contributed by atoms with Crippen molar-refractivity contribution < 1.29 is 4.74 Å². The summed E-state index contributed by atoms with van der Waals surface area (Å²) in [6.45, 7) is 6.31. The molecule has 0 aliphatic rings. The maximum absolute atomic E-state index is 6.10. The smallest absolute Gasteiger partial charge is 0.139 e. The summed E-state index contributed by atoms with van der Waals surface area (Å²) in [5, 5.41) is 1.40. The minimum absolute atomic E-state index is 0.0464. The first kappa shape index (κ1) is 13.0. The van der Waals surface area contributed by atoms with Crippen molar-refractivity contribution in [3.8, 4) is 5.75 Å². The van der Waals surface area contributed by atoms with E-state index < -0.39 is 0 Å². The van der Waals surface area contributed by atoms with Gasteiger partial charge in [-0.15, -0.1) is 0 Å². The lowest BCUT2D eigenvalue weighted by Gasteiger charge is -2.19. The Morgan fingerprint density at radius 3 is 2.44 bits per heavy atom. The fraction of sp³-hybridized carbons (Fsp3) is 0.357. The van der Waals surface area contributed by atoms with Crippen LogP contribution in [0.1, 0.15) is 26.5 Å². The number of nitrogens with zero attached hydrogens (tertiary/aromatic N) is 1. The number of pyridine rings is 1. The van der Waals surface area contributed by atoms with Gasteiger partial charge in [0.2, 0.25) is 0 Å². The number of fused-ring (bicyclic) bond motifs is 1. The molecule has 0 unspecified atom stereocenters. The number of nitrogens with two attached hydrogens (primary N) is 1. The lowest BCUT2D eigenvalue weighted by atomic mass is 9.91. The second-order valence-corrected chi connectivity index (χ2v) is 5.76. The van der Waals surface area contributed by atoms with Gasteiger partial charge in [-0.3, -0.25) is 4.98 Å². The van der Waals surface area contributed by atoms with Gasteiger partial charge >= 0.3 is 0 Å². The number of anilines is 1. The first-order valence-electron chi connectivity index (χ1n) is 5.77. The van der Waals surface area contributed by atoms with Crippen LogP contribution in [-0.4, -0.2) is 12.1 Å². The fourth-order valence-corrected chi connectivity index (χ4v) is 2.03. The van der Waals surface area contributed by atoms with Gasteiger partial charge in [-0.05, 0) is 12.1 Å². The number of rotatable bonds is 1. The van der Waals surface area contributed by atoms with Gasteiger partial charge < -0.3 is 10.5 Å². The molecule has 0 bridgehead atoms. The van der Waals surface area contributed by atoms with Gasteiger partial charge in [0.25, 0.3) is 0 Å². The molecule has 0 amide bonds. The monoisotopic (exact) mass is 264 g/mol. The molecule has 0 aliphatic heterocycles. The molecule has 4 heteroatoms. The molecule has 1 aromatic carbocycles. The highest BCUT2D eigenvalue weighted by Gasteiger charge is 2.18. The second-order valence-electron chi connectivity index (χ2n) is 5.35. The summed E-state index contributed by atoms with van der Waals surface area (Å²) in [5.41, 5.74) is 8.48. The number of hydrogen-bond donors (Lipinski definition) is 1. The van der Waals surface area contributed by atoms with Crippen molar-refractivity contribution >= 4 is 28.2 Å². The van der Waals surface area contributed by atoms with Crippen LogP contribution in [0.15, 0.2) is 18.2 Å². The number of methoxy groups -OCH3 is 1. The van der Waals surface area contributed by atoms with E-state index in [0.717, 1.165) is 16.6 Å². The van der Waals surface area contributed by atoms with E-state index >= 15 is 0 Å². The highest BCUT2D eigenvalue weighted by atomic mass is 35.5. The maximum atomic E-state index is 6.10. The van der Waals surface area contributed by atoms with Crippen molar-refractivity contribution in [3.05, 3.63) is 28.9 Å². The third-order valence-corrected chi connectivity index (χ3v) is 3.18. The molecular weight excluding hydrogens is 248 g/mol. The molecule has 2 N–H and O–H groups in total. The second kappa shape index (κ2) is 4.32. The zero-order chi connectivity index (χ0) is 13.5. The molecule has 0 fully saturated rings. The van der Waals surface area contributed by atoms with Gasteiger partial charge in [-0.25, -0.2) is 0 Å². The van der Waals surface area contributed by atoms with E-state index in [1.54, 1.807) is 13.2 Å². The third-order valence-electron chi connectivity index (χ3n) is 2.88. The molecule has 2 rings (SSSR count). The number of nitrogen functional groups attached to an aromatic ring is 1. The zero-order valence-electron chi connectivity index (χ0n) is 11.0. The average molecular weight is 265 g/mol. The molecule has 0 atom stereocenters. The highest BCUT2D eigenvalue weighted by molar-refractivity contribution is 6.33. The number of ether oxygens (including phenoxy) is 1. The number of halogens is 1. The van der Waals surface area contributed by atoms with E-state index in [0.29, 0.717) is 16.5 Å². The Hall–Kier alpha value is -1.48. The first-order chi connectivity index (χ1) is 8.32. The van der Waals surface area contributed by atoms with Crippen LogP contribution in [0.25, 0.3) is 10.9 Å². The van der Waals surface area contributed by atoms with E-state index in [-0.39, 0.29) is 5.41 Å². The summed E-state index contributed by atoms with van der Waals surface area (Å²) in [6.07, 6.45) is 0. The molecule has 0 spiro atoms. The Morgan fingerprint density at radius 2 is 1.89 bits per heavy atom. The molecule has 18 heavy (non-hydrogen) atoms. The van der Waals surface area contributed by atoms with Crippen LogP contribution in [-0.2, 0) is 5.41 Å². The average Bonchev–Trinajstić information content (AvgIpc) is 2.28. The van der Waals surface area contributed by atoms with Crippen LogP contribution in [0, 0.1) is 0 Å². The zero-order valence-corrected chi connectivity index (χ0v) is 11.8. The molecule has 0 radical (unpaired) electrons. The minimum Gasteiger partial charge on any atom is -0.495 e. The van der Waals surface area contributed by atoms with Crippen molar-refractivity contribution in [3.63, 3.8) is 0 Å². The molecule has 1 aromatic heterocycles. The van der Waals surface area contributed by atoms with Gasteiger partial charge in [0, 0.05) is 28.2 Å². The topological polar surface area (TPSA) is 48.1 Å². The van der Waals surface area contributed by atoms with Crippen molar-refractivity contribution in [1.82, 2.24) is 4.98 Å². The number of aromatic nitrogens is 1. The lowest BCUT2D eigenvalue weighted by molar-refractivity contribution is 0.415. The normalized spacial score (nSPS) is 11.8. The van der Waals surface area contributed by atoms with Gasteiger partial charge in [0.05, 0.1) is 17.6 Å². The quantitative estimate of drug-likeness (QED) is 0.853. The van der Waals surface area contributed by atoms with E-state index in [1.807, 2.05) is 12.1 Å². The van der Waals surface area contributed by atoms with Crippen molar-refractivity contribution in [2.75, 3.05) is 12.8 Å². The Bertz CT molecular complexity index is 603. The van der Waals surface area contributed by atoms with Gasteiger partial charge in [-0.1, -0.05) is 32.4 Å². The number of hydrogen-bond acceptors (Lipinski definition) is 3. The minimum atomic E-state index is -0.0464. The molecular formula is C14H17ClN2O. The van der Waals surface area contributed by atoms with E-state index in [9.17, 15) is 0 Å². The van der Waals surface area contributed by atoms with E-state index in [1.165, 1.54) is 0 Å². The molecule has 0 saturated heterocycles. The fourth-order valence-electron chi connectivity index (χ4n) is 1.79. The summed E-state index contributed by atoms with van der Waals surface area (Å²) >= 11 is 6.10. The van der Waals surface area contributed by atoms with E-state index in [4.69, 9.17) is 22.1 Å². The van der Waals surface area contributed by atoms with Crippen molar-refractivity contribution in [2.45, 2.75) is 26.2 Å². The van der Waals surface area contributed by atoms with Crippen LogP contribution in [0.2, 0.25) is 5.02 Å². The van der Waals surface area contributed by atoms with Crippen LogP contribution in [0.5, 0.6) is 5.75 Å². The van der Waals surface area contributed by atoms with Crippen molar-refractivity contribution in [1.29, 1.82) is 0 Å². The molecule has 0 aliphatic carbocycles. The van der Waals surface area contributed by atoms with E-state index in [2.05, 4.69) is 25.8 Å². The Balaban J connectivity index is 2.75. The summed E-state index contributed by atoms with van der Waals surface area (Å²) in [4.78, 5) is 4.64. The standard InChI is InChI=1S/C14H17ClN2O/c1-14(2,3)13-6-10(16)8-5-9(15)12(18-4)7-11(8)17-13/h5-7H,1-4H3,(H2,16,17). The SMILES string of the molecule is COc1cc2nc(C(C)(C)C)cc(N)c2cc1Cl. The first-order valence-corrected chi connectivity index (χ1v) is 6.15. The van der Waals surface area contributed by atoms with Gasteiger partial charge in [0.15, 0.2) is 0 Å². The lowest BCUT2D eigenvalue weighted by Crippen LogP contribution is -2.14. The highest BCUT2D eigenvalue weighted by Crippen LogP contribution is 2.34. The van der Waals surface area contributed by atoms with Crippen LogP contribution in [0.3, 0.4) is 0 Å². The van der Waals surface area contributed by atoms with Crippen LogP contribution < -0.4 is 10.5 Å². The summed E-state index contributed by atoms with van der Waals surface area (Å²) in [6, 6.07) is 5.53. The van der Waals surface area contributed by atoms with Gasteiger partial charge in [0.1, 0.15) is 5.75 Å². The largest absolute Gasteiger partial charge is 0.495 e. The van der Waals surface area contributed by atoms with Crippen LogP contribution in [0.4, 0.5) is 5.69 Å². The van der Waals surface area contributed by atoms with Crippen LogP contribution >= 0.6 is 11.6 Å². The molecule has 1 heterocycles.